The zero-order valence-corrected chi connectivity index (χ0v) is 13.4. The van der Waals surface area contributed by atoms with E-state index in [-0.39, 0.29) is 24.3 Å². The van der Waals surface area contributed by atoms with E-state index >= 15 is 0 Å². The van der Waals surface area contributed by atoms with Crippen molar-refractivity contribution in [2.75, 3.05) is 26.7 Å². The van der Waals surface area contributed by atoms with Gasteiger partial charge in [-0.2, -0.15) is 0 Å². The number of carbonyl (C=O) groups is 2. The third-order valence-corrected chi connectivity index (χ3v) is 3.57. The van der Waals surface area contributed by atoms with Crippen molar-refractivity contribution in [3.63, 3.8) is 0 Å². The van der Waals surface area contributed by atoms with Crippen LogP contribution in [0.15, 0.2) is 0 Å². The van der Waals surface area contributed by atoms with Gasteiger partial charge in [0.1, 0.15) is 0 Å². The van der Waals surface area contributed by atoms with Gasteiger partial charge in [0, 0.05) is 19.1 Å². The Hall–Kier alpha value is -1.14. The van der Waals surface area contributed by atoms with E-state index in [0.29, 0.717) is 12.6 Å². The molecule has 0 spiro atoms. The van der Waals surface area contributed by atoms with Gasteiger partial charge < -0.3 is 21.3 Å². The lowest BCUT2D eigenvalue weighted by atomic mass is 10.1. The predicted octanol–water partition coefficient (Wildman–Crippen LogP) is -0.0676. The summed E-state index contributed by atoms with van der Waals surface area (Å²) in [7, 11) is 2.03. The first kappa shape index (κ1) is 18.9. The van der Waals surface area contributed by atoms with Crippen molar-refractivity contribution in [2.24, 2.45) is 11.7 Å². The van der Waals surface area contributed by atoms with E-state index in [1.165, 1.54) is 0 Å². The highest BCUT2D eigenvalue weighted by atomic mass is 16.2. The smallest absolute Gasteiger partial charge is 0.239 e. The largest absolute Gasteiger partial charge is 0.353 e. The van der Waals surface area contributed by atoms with Crippen LogP contribution in [-0.4, -0.2) is 55.5 Å². The Bertz CT molecular complexity index is 308. The molecule has 0 aliphatic rings. The molecule has 0 radical (unpaired) electrons. The Morgan fingerprint density at radius 1 is 1.20 bits per heavy atom. The van der Waals surface area contributed by atoms with Crippen LogP contribution in [0, 0.1) is 5.92 Å². The molecule has 6 heteroatoms. The van der Waals surface area contributed by atoms with E-state index < -0.39 is 6.04 Å². The highest BCUT2D eigenvalue weighted by Gasteiger charge is 2.17. The Morgan fingerprint density at radius 2 is 1.80 bits per heavy atom. The van der Waals surface area contributed by atoms with Crippen LogP contribution in [0.1, 0.15) is 34.1 Å². The average Bonchev–Trinajstić information content (AvgIpc) is 2.42. The number of carbonyl (C=O) groups excluding carboxylic acids is 2. The van der Waals surface area contributed by atoms with Gasteiger partial charge in [-0.05, 0) is 26.3 Å². The van der Waals surface area contributed by atoms with Crippen LogP contribution < -0.4 is 16.4 Å². The number of hydrogen-bond acceptors (Lipinski definition) is 4. The average molecular weight is 286 g/mol. The lowest BCUT2D eigenvalue weighted by molar-refractivity contribution is -0.127. The third-order valence-electron chi connectivity index (χ3n) is 3.57. The molecule has 0 bridgehead atoms. The minimum absolute atomic E-state index is 0.0215. The first-order valence-corrected chi connectivity index (χ1v) is 7.29. The van der Waals surface area contributed by atoms with Crippen molar-refractivity contribution in [2.45, 2.75) is 46.2 Å². The number of nitrogens with two attached hydrogens (primary N) is 1. The van der Waals surface area contributed by atoms with Crippen LogP contribution in [0.5, 0.6) is 0 Å². The zero-order valence-electron chi connectivity index (χ0n) is 13.4. The monoisotopic (exact) mass is 286 g/mol. The van der Waals surface area contributed by atoms with Gasteiger partial charge >= 0.3 is 0 Å². The number of amides is 2. The zero-order chi connectivity index (χ0) is 15.7. The molecule has 0 aromatic rings. The minimum atomic E-state index is -0.570. The molecule has 2 amide bonds. The van der Waals surface area contributed by atoms with Crippen molar-refractivity contribution in [3.8, 4) is 0 Å². The Labute approximate surface area is 122 Å². The molecule has 0 aromatic carbocycles. The number of nitrogens with one attached hydrogen (secondary N) is 2. The summed E-state index contributed by atoms with van der Waals surface area (Å²) in [5.41, 5.74) is 5.68. The molecule has 118 valence electrons. The molecule has 6 nitrogen and oxygen atoms in total. The molecule has 0 fully saturated rings. The second kappa shape index (κ2) is 9.72. The van der Waals surface area contributed by atoms with E-state index in [1.54, 1.807) is 0 Å². The third kappa shape index (κ3) is 7.45. The van der Waals surface area contributed by atoms with Crippen molar-refractivity contribution in [3.05, 3.63) is 0 Å². The molecule has 0 aromatic heterocycles. The maximum absolute atomic E-state index is 11.6. The van der Waals surface area contributed by atoms with E-state index in [9.17, 15) is 9.59 Å². The fraction of sp³-hybridized carbons (Fsp3) is 0.857. The molecule has 0 saturated heterocycles. The summed E-state index contributed by atoms with van der Waals surface area (Å²) in [6.45, 7) is 9.37. The van der Waals surface area contributed by atoms with Crippen LogP contribution in [0.4, 0.5) is 0 Å². The fourth-order valence-corrected chi connectivity index (χ4v) is 1.55. The van der Waals surface area contributed by atoms with Gasteiger partial charge in [0.2, 0.25) is 11.8 Å². The van der Waals surface area contributed by atoms with E-state index in [2.05, 4.69) is 29.4 Å². The fourth-order valence-electron chi connectivity index (χ4n) is 1.55. The minimum Gasteiger partial charge on any atom is -0.353 e. The molecule has 0 aliphatic carbocycles. The van der Waals surface area contributed by atoms with Gasteiger partial charge in [-0.15, -0.1) is 0 Å². The molecule has 4 N–H and O–H groups in total. The molecule has 0 heterocycles. The van der Waals surface area contributed by atoms with Crippen molar-refractivity contribution < 1.29 is 9.59 Å². The van der Waals surface area contributed by atoms with Crippen LogP contribution >= 0.6 is 0 Å². The van der Waals surface area contributed by atoms with Crippen molar-refractivity contribution in [1.82, 2.24) is 15.5 Å². The maximum atomic E-state index is 11.6. The number of nitrogens with zero attached hydrogens (tertiary/aromatic N) is 1. The first-order chi connectivity index (χ1) is 9.29. The summed E-state index contributed by atoms with van der Waals surface area (Å²) < 4.78 is 0. The molecule has 0 rings (SSSR count). The normalized spacial score (nSPS) is 14.2. The van der Waals surface area contributed by atoms with Gasteiger partial charge in [-0.1, -0.05) is 20.8 Å². The van der Waals surface area contributed by atoms with Crippen LogP contribution in [-0.2, 0) is 9.59 Å². The van der Waals surface area contributed by atoms with Gasteiger partial charge in [0.15, 0.2) is 0 Å². The van der Waals surface area contributed by atoms with E-state index in [1.807, 2.05) is 20.9 Å². The molecule has 20 heavy (non-hydrogen) atoms. The van der Waals surface area contributed by atoms with Crippen molar-refractivity contribution in [1.29, 1.82) is 0 Å². The molecule has 2 atom stereocenters. The van der Waals surface area contributed by atoms with Crippen LogP contribution in [0.2, 0.25) is 0 Å². The maximum Gasteiger partial charge on any atom is 0.239 e. The Kier molecular flexibility index (Phi) is 9.16. The Balaban J connectivity index is 3.82. The summed E-state index contributed by atoms with van der Waals surface area (Å²) in [5.74, 6) is -0.416. The van der Waals surface area contributed by atoms with Gasteiger partial charge in [-0.3, -0.25) is 9.59 Å². The Morgan fingerprint density at radius 3 is 2.30 bits per heavy atom. The van der Waals surface area contributed by atoms with Gasteiger partial charge in [-0.25, -0.2) is 0 Å². The second-order valence-corrected chi connectivity index (χ2v) is 5.58. The lowest BCUT2D eigenvalue weighted by Gasteiger charge is -2.23. The number of rotatable bonds is 9. The van der Waals surface area contributed by atoms with Crippen LogP contribution in [0.3, 0.4) is 0 Å². The SMILES string of the molecule is CCC(C)N(C)CCNC(=O)CNC(=O)[C@@H](N)C(C)C. The standard InChI is InChI=1S/C14H30N4O2/c1-6-11(4)18(5)8-7-16-12(19)9-17-14(20)13(15)10(2)3/h10-11,13H,6-9,15H2,1-5H3,(H,16,19)(H,17,20)/t11?,13-/m0/s1. The summed E-state index contributed by atoms with van der Waals surface area (Å²) in [4.78, 5) is 25.3. The summed E-state index contributed by atoms with van der Waals surface area (Å²) in [6.07, 6.45) is 1.08. The summed E-state index contributed by atoms with van der Waals surface area (Å²) in [6, 6.07) is -0.0741. The summed E-state index contributed by atoms with van der Waals surface area (Å²) in [5, 5.41) is 5.33. The summed E-state index contributed by atoms with van der Waals surface area (Å²) >= 11 is 0. The quantitative estimate of drug-likeness (QED) is 0.554. The van der Waals surface area contributed by atoms with E-state index in [4.69, 9.17) is 5.73 Å². The van der Waals surface area contributed by atoms with Crippen LogP contribution in [0.25, 0.3) is 0 Å². The molecule has 1 unspecified atom stereocenters. The highest BCUT2D eigenvalue weighted by molar-refractivity contribution is 5.87. The lowest BCUT2D eigenvalue weighted by Crippen LogP contribution is -2.47. The topological polar surface area (TPSA) is 87.5 Å². The van der Waals surface area contributed by atoms with E-state index in [0.717, 1.165) is 13.0 Å². The van der Waals surface area contributed by atoms with Gasteiger partial charge in [0.05, 0.1) is 12.6 Å². The first-order valence-electron chi connectivity index (χ1n) is 7.29. The number of hydrogen-bond donors (Lipinski definition) is 3. The molecule has 0 saturated carbocycles. The molecular weight excluding hydrogens is 256 g/mol. The van der Waals surface area contributed by atoms with Gasteiger partial charge in [0.25, 0.3) is 0 Å². The van der Waals surface area contributed by atoms with Crippen molar-refractivity contribution >= 4 is 11.8 Å². The highest BCUT2D eigenvalue weighted by Crippen LogP contribution is 1.98. The number of likely N-dealkylation sites (N-methyl/N-ethyl adjacent to an activating group) is 1. The molecular formula is C14H30N4O2. The second-order valence-electron chi connectivity index (χ2n) is 5.58. The predicted molar refractivity (Wildman–Crippen MR) is 81.2 cm³/mol. The molecule has 0 aliphatic heterocycles.